The number of aromatic nitrogens is 2. The van der Waals surface area contributed by atoms with E-state index in [1.54, 1.807) is 18.2 Å². The summed E-state index contributed by atoms with van der Waals surface area (Å²) >= 11 is 3.48. The minimum Gasteiger partial charge on any atom is -0.422 e. The number of aromatic amines is 1. The maximum atomic E-state index is 13.0. The van der Waals surface area contributed by atoms with Gasteiger partial charge >= 0.3 is 5.63 Å². The topological polar surface area (TPSA) is 82.7 Å². The third-order valence-electron chi connectivity index (χ3n) is 6.03. The second-order valence-corrected chi connectivity index (χ2v) is 9.05. The van der Waals surface area contributed by atoms with Crippen LogP contribution >= 0.6 is 15.9 Å². The molecule has 3 heterocycles. The van der Waals surface area contributed by atoms with E-state index in [0.717, 1.165) is 31.9 Å². The first-order chi connectivity index (χ1) is 17.1. The van der Waals surface area contributed by atoms with E-state index in [2.05, 4.69) is 27.0 Å². The first kappa shape index (κ1) is 21.1. The molecule has 0 radical (unpaired) electrons. The minimum atomic E-state index is -0.485. The van der Waals surface area contributed by atoms with Crippen LogP contribution in [0.25, 0.3) is 55.5 Å². The van der Waals surface area contributed by atoms with Crippen molar-refractivity contribution in [3.8, 4) is 39.7 Å². The van der Waals surface area contributed by atoms with Gasteiger partial charge in [0.05, 0.1) is 22.5 Å². The highest BCUT2D eigenvalue weighted by molar-refractivity contribution is 9.10. The molecule has 6 heteroatoms. The van der Waals surface area contributed by atoms with Gasteiger partial charge in [-0.1, -0.05) is 64.5 Å². The van der Waals surface area contributed by atoms with Crippen molar-refractivity contribution in [1.29, 1.82) is 5.26 Å². The van der Waals surface area contributed by atoms with Crippen LogP contribution in [0.4, 0.5) is 0 Å². The highest BCUT2D eigenvalue weighted by Crippen LogP contribution is 2.37. The van der Waals surface area contributed by atoms with Crippen LogP contribution < -0.4 is 5.63 Å². The van der Waals surface area contributed by atoms with Crippen LogP contribution in [0, 0.1) is 11.3 Å². The third kappa shape index (κ3) is 3.63. The standard InChI is InChI=1S/C29H16BrN3O2/c30-19-10-11-27-18(12-19)13-22(29(34)35-27)26-14-21(17-6-2-1-3-7-17)23(15-31)28(33-26)24-16-32-25-9-5-4-8-20(24)25/h1-14,16,32H. The molecule has 5 nitrogen and oxygen atoms in total. The molecule has 0 spiro atoms. The highest BCUT2D eigenvalue weighted by Gasteiger charge is 2.20. The molecular formula is C29H16BrN3O2. The molecule has 3 aromatic heterocycles. The summed E-state index contributed by atoms with van der Waals surface area (Å²) in [4.78, 5) is 21.2. The van der Waals surface area contributed by atoms with Crippen LogP contribution in [0.1, 0.15) is 5.56 Å². The van der Waals surface area contributed by atoms with Crippen molar-refractivity contribution in [3.63, 3.8) is 0 Å². The molecule has 0 atom stereocenters. The lowest BCUT2D eigenvalue weighted by Gasteiger charge is -2.12. The number of pyridine rings is 1. The molecule has 0 amide bonds. The summed E-state index contributed by atoms with van der Waals surface area (Å²) in [5.74, 6) is 0. The minimum absolute atomic E-state index is 0.332. The van der Waals surface area contributed by atoms with E-state index >= 15 is 0 Å². The Morgan fingerprint density at radius 2 is 1.69 bits per heavy atom. The van der Waals surface area contributed by atoms with Crippen LogP contribution in [0.5, 0.6) is 0 Å². The van der Waals surface area contributed by atoms with Crippen molar-refractivity contribution in [3.05, 3.63) is 112 Å². The molecule has 0 aliphatic rings. The number of nitrogens with one attached hydrogen (secondary N) is 1. The number of halogens is 1. The summed E-state index contributed by atoms with van der Waals surface area (Å²) in [6.07, 6.45) is 1.85. The molecule has 1 N–H and O–H groups in total. The Hall–Kier alpha value is -4.47. The molecule has 3 aromatic carbocycles. The van der Waals surface area contributed by atoms with Gasteiger partial charge in [0.1, 0.15) is 11.7 Å². The fourth-order valence-electron chi connectivity index (χ4n) is 4.38. The summed E-state index contributed by atoms with van der Waals surface area (Å²) in [7, 11) is 0. The maximum absolute atomic E-state index is 13.0. The van der Waals surface area contributed by atoms with Gasteiger partial charge < -0.3 is 9.40 Å². The summed E-state index contributed by atoms with van der Waals surface area (Å²) in [5, 5.41) is 12.0. The van der Waals surface area contributed by atoms with Crippen LogP contribution in [0.3, 0.4) is 0 Å². The van der Waals surface area contributed by atoms with E-state index in [1.807, 2.05) is 72.9 Å². The van der Waals surface area contributed by atoms with E-state index in [9.17, 15) is 10.1 Å². The van der Waals surface area contributed by atoms with Crippen LogP contribution in [-0.2, 0) is 0 Å². The SMILES string of the molecule is N#Cc1c(-c2ccccc2)cc(-c2cc3cc(Br)ccc3oc2=O)nc1-c1c[nH]c2ccccc12. The molecule has 6 aromatic rings. The fourth-order valence-corrected chi connectivity index (χ4v) is 4.76. The Morgan fingerprint density at radius 1 is 0.886 bits per heavy atom. The second-order valence-electron chi connectivity index (χ2n) is 8.13. The Morgan fingerprint density at radius 3 is 2.51 bits per heavy atom. The van der Waals surface area contributed by atoms with E-state index in [1.165, 1.54) is 0 Å². The number of hydrogen-bond acceptors (Lipinski definition) is 4. The smallest absolute Gasteiger partial charge is 0.345 e. The van der Waals surface area contributed by atoms with Crippen molar-refractivity contribution in [2.24, 2.45) is 0 Å². The lowest BCUT2D eigenvalue weighted by atomic mass is 9.94. The molecule has 35 heavy (non-hydrogen) atoms. The summed E-state index contributed by atoms with van der Waals surface area (Å²) in [5.41, 5.74) is 5.04. The molecular weight excluding hydrogens is 502 g/mol. The van der Waals surface area contributed by atoms with Gasteiger partial charge in [-0.05, 0) is 42.0 Å². The van der Waals surface area contributed by atoms with Crippen molar-refractivity contribution in [2.45, 2.75) is 0 Å². The number of nitrogens with zero attached hydrogens (tertiary/aromatic N) is 2. The average molecular weight is 518 g/mol. The largest absolute Gasteiger partial charge is 0.422 e. The monoisotopic (exact) mass is 517 g/mol. The number of fused-ring (bicyclic) bond motifs is 2. The van der Waals surface area contributed by atoms with Gasteiger partial charge in [0.15, 0.2) is 0 Å². The normalized spacial score (nSPS) is 11.1. The van der Waals surface area contributed by atoms with E-state index in [4.69, 9.17) is 9.40 Å². The summed E-state index contributed by atoms with van der Waals surface area (Å²) in [6, 6.07) is 28.9. The molecule has 166 valence electrons. The number of hydrogen-bond donors (Lipinski definition) is 1. The molecule has 0 saturated heterocycles. The Labute approximate surface area is 208 Å². The number of rotatable bonds is 3. The van der Waals surface area contributed by atoms with Crippen LogP contribution in [-0.4, -0.2) is 9.97 Å². The third-order valence-corrected chi connectivity index (χ3v) is 6.52. The quantitative estimate of drug-likeness (QED) is 0.249. The van der Waals surface area contributed by atoms with Crippen LogP contribution in [0.2, 0.25) is 0 Å². The number of benzene rings is 3. The number of para-hydroxylation sites is 1. The molecule has 0 fully saturated rings. The van der Waals surface area contributed by atoms with Gasteiger partial charge in [-0.2, -0.15) is 5.26 Å². The van der Waals surface area contributed by atoms with Crippen molar-refractivity contribution in [2.75, 3.05) is 0 Å². The molecule has 0 saturated carbocycles. The fraction of sp³-hybridized carbons (Fsp3) is 0. The van der Waals surface area contributed by atoms with Gasteiger partial charge in [-0.3, -0.25) is 0 Å². The zero-order chi connectivity index (χ0) is 23.9. The lowest BCUT2D eigenvalue weighted by molar-refractivity contribution is 0.563. The zero-order valence-electron chi connectivity index (χ0n) is 18.2. The van der Waals surface area contributed by atoms with Crippen molar-refractivity contribution in [1.82, 2.24) is 9.97 Å². The molecule has 6 rings (SSSR count). The summed E-state index contributed by atoms with van der Waals surface area (Å²) in [6.45, 7) is 0. The first-order valence-electron chi connectivity index (χ1n) is 10.9. The van der Waals surface area contributed by atoms with Gasteiger partial charge in [0.25, 0.3) is 0 Å². The predicted molar refractivity (Wildman–Crippen MR) is 141 cm³/mol. The molecule has 0 aliphatic heterocycles. The lowest BCUT2D eigenvalue weighted by Crippen LogP contribution is -2.06. The average Bonchev–Trinajstić information content (AvgIpc) is 3.32. The Bertz CT molecular complexity index is 1850. The Kier molecular flexibility index (Phi) is 5.05. The van der Waals surface area contributed by atoms with Crippen molar-refractivity contribution >= 4 is 37.8 Å². The van der Waals surface area contributed by atoms with Gasteiger partial charge in [-0.15, -0.1) is 0 Å². The zero-order valence-corrected chi connectivity index (χ0v) is 19.8. The maximum Gasteiger partial charge on any atom is 0.345 e. The summed E-state index contributed by atoms with van der Waals surface area (Å²) < 4.78 is 6.49. The van der Waals surface area contributed by atoms with Crippen molar-refractivity contribution < 1.29 is 4.42 Å². The first-order valence-corrected chi connectivity index (χ1v) is 11.7. The molecule has 0 unspecified atom stereocenters. The predicted octanol–water partition coefficient (Wildman–Crippen LogP) is 7.30. The van der Waals surface area contributed by atoms with Crippen LogP contribution in [0.15, 0.2) is 105 Å². The van der Waals surface area contributed by atoms with Gasteiger partial charge in [0, 0.05) is 38.1 Å². The second kappa shape index (κ2) is 8.39. The number of nitriles is 1. The van der Waals surface area contributed by atoms with E-state index < -0.39 is 5.63 Å². The van der Waals surface area contributed by atoms with Gasteiger partial charge in [-0.25, -0.2) is 9.78 Å². The highest BCUT2D eigenvalue weighted by atomic mass is 79.9. The van der Waals surface area contributed by atoms with E-state index in [0.29, 0.717) is 33.7 Å². The number of H-pyrrole nitrogens is 1. The Balaban J connectivity index is 1.70. The molecule has 0 aliphatic carbocycles. The van der Waals surface area contributed by atoms with E-state index in [-0.39, 0.29) is 0 Å². The van der Waals surface area contributed by atoms with Gasteiger partial charge in [0.2, 0.25) is 0 Å². The molecule has 0 bridgehead atoms.